The summed E-state index contributed by atoms with van der Waals surface area (Å²) in [6, 6.07) is 14.8. The number of methoxy groups -OCH3 is 2. The number of ether oxygens (including phenoxy) is 3. The first-order valence-corrected chi connectivity index (χ1v) is 12.1. The van der Waals surface area contributed by atoms with Crippen LogP contribution in [0.3, 0.4) is 0 Å². The number of carbonyl (C=O) groups excluding carboxylic acids is 1. The van der Waals surface area contributed by atoms with E-state index in [0.29, 0.717) is 17.8 Å². The van der Waals surface area contributed by atoms with Gasteiger partial charge in [0.1, 0.15) is 17.6 Å². The Morgan fingerprint density at radius 3 is 2.45 bits per heavy atom. The number of esters is 1. The molecule has 2 aromatic rings. The van der Waals surface area contributed by atoms with Crippen molar-refractivity contribution in [2.24, 2.45) is 17.3 Å². The number of carbonyl (C=O) groups is 1. The van der Waals surface area contributed by atoms with Crippen LogP contribution in [0.25, 0.3) is 6.08 Å². The van der Waals surface area contributed by atoms with Crippen LogP contribution >= 0.6 is 0 Å². The maximum absolute atomic E-state index is 12.1. The second-order valence-electron chi connectivity index (χ2n) is 10.2. The Balaban J connectivity index is 1.49. The average molecular weight is 447 g/mol. The summed E-state index contributed by atoms with van der Waals surface area (Å²) >= 11 is 0. The number of benzene rings is 2. The Hall–Kier alpha value is -2.75. The van der Waals surface area contributed by atoms with Crippen LogP contribution in [0.1, 0.15) is 62.1 Å². The summed E-state index contributed by atoms with van der Waals surface area (Å²) in [4.78, 5) is 12.1. The first-order valence-electron chi connectivity index (χ1n) is 12.1. The fourth-order valence-corrected chi connectivity index (χ4v) is 6.95. The van der Waals surface area contributed by atoms with Gasteiger partial charge in [0.15, 0.2) is 0 Å². The second-order valence-corrected chi connectivity index (χ2v) is 10.2. The van der Waals surface area contributed by atoms with Crippen molar-refractivity contribution < 1.29 is 19.0 Å². The normalized spacial score (nSPS) is 31.3. The van der Waals surface area contributed by atoms with Gasteiger partial charge in [0.05, 0.1) is 14.2 Å². The molecule has 0 N–H and O–H groups in total. The minimum Gasteiger partial charge on any atom is -0.497 e. The molecule has 2 fully saturated rings. The molecule has 5 rings (SSSR count). The van der Waals surface area contributed by atoms with E-state index in [0.717, 1.165) is 42.7 Å². The highest BCUT2D eigenvalue weighted by Crippen LogP contribution is 2.63. The van der Waals surface area contributed by atoms with Gasteiger partial charge >= 0.3 is 5.97 Å². The monoisotopic (exact) mass is 446 g/mol. The van der Waals surface area contributed by atoms with Crippen molar-refractivity contribution in [2.45, 2.75) is 58.0 Å². The van der Waals surface area contributed by atoms with Gasteiger partial charge in [-0.1, -0.05) is 31.2 Å². The predicted molar refractivity (Wildman–Crippen MR) is 130 cm³/mol. The van der Waals surface area contributed by atoms with Crippen molar-refractivity contribution >= 4 is 12.0 Å². The third kappa shape index (κ3) is 3.84. The van der Waals surface area contributed by atoms with Gasteiger partial charge in [0, 0.05) is 12.3 Å². The summed E-state index contributed by atoms with van der Waals surface area (Å²) in [6.45, 7) is 3.90. The second kappa shape index (κ2) is 8.55. The van der Waals surface area contributed by atoms with E-state index in [1.807, 2.05) is 12.1 Å². The van der Waals surface area contributed by atoms with E-state index in [4.69, 9.17) is 14.2 Å². The largest absolute Gasteiger partial charge is 0.497 e. The molecular formula is C29H34O4. The molecule has 4 heteroatoms. The van der Waals surface area contributed by atoms with Crippen molar-refractivity contribution in [1.29, 1.82) is 0 Å². The molecule has 2 aromatic carbocycles. The van der Waals surface area contributed by atoms with Gasteiger partial charge in [-0.25, -0.2) is 0 Å². The number of rotatable bonds is 4. The Kier molecular flexibility index (Phi) is 5.72. The van der Waals surface area contributed by atoms with Crippen molar-refractivity contribution in [3.63, 3.8) is 0 Å². The zero-order valence-electron chi connectivity index (χ0n) is 20.1. The van der Waals surface area contributed by atoms with E-state index >= 15 is 0 Å². The molecule has 0 heterocycles. The first-order chi connectivity index (χ1) is 15.9. The number of aryl methyl sites for hydroxylation is 1. The van der Waals surface area contributed by atoms with Crippen molar-refractivity contribution in [1.82, 2.24) is 0 Å². The van der Waals surface area contributed by atoms with Crippen LogP contribution in [0.4, 0.5) is 0 Å². The molecule has 3 aliphatic rings. The highest BCUT2D eigenvalue weighted by atomic mass is 16.5. The third-order valence-electron chi connectivity index (χ3n) is 8.51. The standard InChI is InChI=1S/C29H34O4/c1-18(30)33-28-21(15-19-5-8-22(31-3)9-6-19)17-27-26-11-7-20-16-23(32-4)10-12-24(20)25(26)13-14-29(27,28)2/h5-6,8-10,12,15-16,25-28H,7,11,13-14,17H2,1-4H3/b21-15+/t25-,26+,27+,28+,29+/m0/s1. The molecule has 0 unspecified atom stereocenters. The Morgan fingerprint density at radius 2 is 1.76 bits per heavy atom. The Bertz CT molecular complexity index is 1070. The van der Waals surface area contributed by atoms with Gasteiger partial charge in [-0.15, -0.1) is 0 Å². The van der Waals surface area contributed by atoms with Crippen LogP contribution in [0, 0.1) is 17.3 Å². The third-order valence-corrected chi connectivity index (χ3v) is 8.51. The lowest BCUT2D eigenvalue weighted by Gasteiger charge is -2.50. The average Bonchev–Trinajstić information content (AvgIpc) is 3.10. The molecule has 5 atom stereocenters. The molecule has 33 heavy (non-hydrogen) atoms. The van der Waals surface area contributed by atoms with E-state index in [-0.39, 0.29) is 17.5 Å². The van der Waals surface area contributed by atoms with Crippen LogP contribution in [-0.4, -0.2) is 26.3 Å². The first kappa shape index (κ1) is 22.1. The molecule has 0 bridgehead atoms. The van der Waals surface area contributed by atoms with E-state index in [1.54, 1.807) is 14.2 Å². The number of hydrogen-bond donors (Lipinski definition) is 0. The lowest BCUT2D eigenvalue weighted by atomic mass is 9.55. The van der Waals surface area contributed by atoms with E-state index in [9.17, 15) is 4.79 Å². The zero-order valence-corrected chi connectivity index (χ0v) is 20.1. The molecule has 4 nitrogen and oxygen atoms in total. The topological polar surface area (TPSA) is 44.8 Å². The molecule has 0 amide bonds. The van der Waals surface area contributed by atoms with Gasteiger partial charge in [-0.05, 0) is 96.4 Å². The van der Waals surface area contributed by atoms with Crippen LogP contribution < -0.4 is 9.47 Å². The summed E-state index contributed by atoms with van der Waals surface area (Å²) in [5.74, 6) is 3.32. The van der Waals surface area contributed by atoms with Gasteiger partial charge in [-0.3, -0.25) is 4.79 Å². The van der Waals surface area contributed by atoms with Crippen molar-refractivity contribution in [3.05, 3.63) is 64.7 Å². The molecule has 0 saturated heterocycles. The molecule has 174 valence electrons. The van der Waals surface area contributed by atoms with E-state index in [1.165, 1.54) is 30.0 Å². The quantitative estimate of drug-likeness (QED) is 0.526. The van der Waals surface area contributed by atoms with Crippen LogP contribution in [0.2, 0.25) is 0 Å². The molecular weight excluding hydrogens is 412 g/mol. The molecule has 0 aromatic heterocycles. The van der Waals surface area contributed by atoms with Gasteiger partial charge in [0.25, 0.3) is 0 Å². The zero-order chi connectivity index (χ0) is 23.2. The van der Waals surface area contributed by atoms with Crippen LogP contribution in [-0.2, 0) is 16.0 Å². The number of fused-ring (bicyclic) bond motifs is 5. The van der Waals surface area contributed by atoms with Crippen molar-refractivity contribution in [3.8, 4) is 11.5 Å². The van der Waals surface area contributed by atoms with E-state index in [2.05, 4.69) is 43.3 Å². The summed E-state index contributed by atoms with van der Waals surface area (Å²) < 4.78 is 16.8. The summed E-state index contributed by atoms with van der Waals surface area (Å²) in [6.07, 6.45) is 7.58. The van der Waals surface area contributed by atoms with Crippen LogP contribution in [0.5, 0.6) is 11.5 Å². The maximum atomic E-state index is 12.1. The van der Waals surface area contributed by atoms with Gasteiger partial charge in [0.2, 0.25) is 0 Å². The fraction of sp³-hybridized carbons (Fsp3) is 0.483. The maximum Gasteiger partial charge on any atom is 0.303 e. The SMILES string of the molecule is COc1ccc(/C=C2\C[C@@H]3[C@@H]4CCc5cc(OC)ccc5[C@@H]4CC[C@@]3(C)[C@@H]2OC(C)=O)cc1. The number of hydrogen-bond acceptors (Lipinski definition) is 4. The molecule has 0 spiro atoms. The molecule has 2 saturated carbocycles. The van der Waals surface area contributed by atoms with E-state index < -0.39 is 0 Å². The summed E-state index contributed by atoms with van der Waals surface area (Å²) in [7, 11) is 3.42. The minimum atomic E-state index is -0.189. The molecule has 3 aliphatic carbocycles. The molecule has 0 radical (unpaired) electrons. The Labute approximate surface area is 196 Å². The highest BCUT2D eigenvalue weighted by molar-refractivity contribution is 5.67. The fourth-order valence-electron chi connectivity index (χ4n) is 6.95. The lowest BCUT2D eigenvalue weighted by molar-refractivity contribution is -0.152. The molecule has 0 aliphatic heterocycles. The smallest absolute Gasteiger partial charge is 0.303 e. The van der Waals surface area contributed by atoms with Crippen LogP contribution in [0.15, 0.2) is 48.0 Å². The predicted octanol–water partition coefficient (Wildman–Crippen LogP) is 6.19. The highest BCUT2D eigenvalue weighted by Gasteiger charge is 2.58. The van der Waals surface area contributed by atoms with Gasteiger partial charge in [-0.2, -0.15) is 0 Å². The van der Waals surface area contributed by atoms with Crippen molar-refractivity contribution in [2.75, 3.05) is 14.2 Å². The van der Waals surface area contributed by atoms with Gasteiger partial charge < -0.3 is 14.2 Å². The lowest BCUT2D eigenvalue weighted by Crippen LogP contribution is -2.45. The summed E-state index contributed by atoms with van der Waals surface area (Å²) in [5, 5.41) is 0. The minimum absolute atomic E-state index is 0.0187. The Morgan fingerprint density at radius 1 is 1.03 bits per heavy atom. The summed E-state index contributed by atoms with van der Waals surface area (Å²) in [5.41, 5.74) is 5.31.